The van der Waals surface area contributed by atoms with Gasteiger partial charge in [-0.05, 0) is 37.1 Å². The Labute approximate surface area is 149 Å². The smallest absolute Gasteiger partial charge is 0.174 e. The first-order valence-corrected chi connectivity index (χ1v) is 8.57. The van der Waals surface area contributed by atoms with E-state index in [4.69, 9.17) is 12.2 Å². The summed E-state index contributed by atoms with van der Waals surface area (Å²) in [5.74, 6) is 2.71. The van der Waals surface area contributed by atoms with Crippen molar-refractivity contribution in [1.82, 2.24) is 14.5 Å². The fourth-order valence-corrected chi connectivity index (χ4v) is 3.58. The van der Waals surface area contributed by atoms with Gasteiger partial charge in [-0.15, -0.1) is 12.3 Å². The molecule has 7 heteroatoms. The highest BCUT2D eigenvalue weighted by Crippen LogP contribution is 2.38. The number of benzene rings is 1. The number of fused-ring (bicyclic) bond motifs is 1. The van der Waals surface area contributed by atoms with Gasteiger partial charge in [-0.1, -0.05) is 11.8 Å². The number of anilines is 1. The molecule has 128 valence electrons. The van der Waals surface area contributed by atoms with Crippen LogP contribution in [-0.2, 0) is 6.54 Å². The van der Waals surface area contributed by atoms with Gasteiger partial charge in [0.15, 0.2) is 22.5 Å². The van der Waals surface area contributed by atoms with Crippen LogP contribution in [0.15, 0.2) is 34.4 Å². The fraction of sp³-hybridized carbons (Fsp3) is 0.222. The number of aromatic nitrogens is 3. The molecular formula is C18H18N4O2S. The zero-order chi connectivity index (χ0) is 18.0. The molecule has 0 aliphatic heterocycles. The van der Waals surface area contributed by atoms with E-state index in [-0.39, 0.29) is 11.5 Å². The predicted octanol–water partition coefficient (Wildman–Crippen LogP) is 3.30. The Morgan fingerprint density at radius 1 is 1.32 bits per heavy atom. The summed E-state index contributed by atoms with van der Waals surface area (Å²) in [6.07, 6.45) is 8.50. The molecule has 0 radical (unpaired) electrons. The zero-order valence-electron chi connectivity index (χ0n) is 13.7. The molecule has 0 bridgehead atoms. The van der Waals surface area contributed by atoms with Crippen molar-refractivity contribution in [1.29, 1.82) is 0 Å². The number of terminal acetylenes is 1. The van der Waals surface area contributed by atoms with E-state index in [1.165, 1.54) is 23.9 Å². The van der Waals surface area contributed by atoms with Gasteiger partial charge in [0.05, 0.1) is 5.52 Å². The summed E-state index contributed by atoms with van der Waals surface area (Å²) < 4.78 is 2.05. The third kappa shape index (κ3) is 3.35. The van der Waals surface area contributed by atoms with Gasteiger partial charge in [-0.25, -0.2) is 9.97 Å². The monoisotopic (exact) mass is 354 g/mol. The average molecular weight is 354 g/mol. The first-order chi connectivity index (χ1) is 12.0. The molecule has 25 heavy (non-hydrogen) atoms. The van der Waals surface area contributed by atoms with E-state index in [1.54, 1.807) is 6.20 Å². The van der Waals surface area contributed by atoms with Crippen LogP contribution in [0.3, 0.4) is 0 Å². The lowest BCUT2D eigenvalue weighted by Gasteiger charge is -2.10. The van der Waals surface area contributed by atoms with Gasteiger partial charge in [0.1, 0.15) is 5.52 Å². The molecule has 4 N–H and O–H groups in total. The van der Waals surface area contributed by atoms with Crippen molar-refractivity contribution < 1.29 is 10.2 Å². The second-order valence-electron chi connectivity index (χ2n) is 5.63. The number of imidazole rings is 1. The summed E-state index contributed by atoms with van der Waals surface area (Å²) in [6, 6.07) is 4.93. The van der Waals surface area contributed by atoms with E-state index in [0.717, 1.165) is 27.6 Å². The maximum atomic E-state index is 9.79. The van der Waals surface area contributed by atoms with Gasteiger partial charge in [0, 0.05) is 24.1 Å². The van der Waals surface area contributed by atoms with Gasteiger partial charge in [0.25, 0.3) is 0 Å². The Morgan fingerprint density at radius 3 is 2.84 bits per heavy atom. The molecule has 1 aromatic carbocycles. The van der Waals surface area contributed by atoms with Crippen LogP contribution in [0.4, 0.5) is 5.82 Å². The standard InChI is InChI=1S/C18H18N4O2S/c1-3-4-5-8-22-12-6-7-20-17(19)16(12)21-18(22)25-15-10-14(24)13(23)9-11(15)2/h1,6-7,9-10,23-24H,4-5,8H2,2H3,(H2,19,20). The van der Waals surface area contributed by atoms with Crippen LogP contribution >= 0.6 is 11.8 Å². The molecule has 0 unspecified atom stereocenters. The van der Waals surface area contributed by atoms with Gasteiger partial charge in [-0.3, -0.25) is 0 Å². The van der Waals surface area contributed by atoms with Crippen LogP contribution in [0.1, 0.15) is 18.4 Å². The minimum atomic E-state index is -0.163. The molecule has 0 atom stereocenters. The minimum Gasteiger partial charge on any atom is -0.504 e. The van der Waals surface area contributed by atoms with Crippen LogP contribution in [0.5, 0.6) is 11.5 Å². The number of pyridine rings is 1. The number of aryl methyl sites for hydroxylation is 2. The van der Waals surface area contributed by atoms with Crippen molar-refractivity contribution >= 4 is 28.6 Å². The van der Waals surface area contributed by atoms with E-state index in [0.29, 0.717) is 24.3 Å². The molecule has 0 aliphatic carbocycles. The maximum Gasteiger partial charge on any atom is 0.174 e. The third-order valence-corrected chi connectivity index (χ3v) is 4.99. The molecule has 0 spiro atoms. The van der Waals surface area contributed by atoms with E-state index >= 15 is 0 Å². The Hall–Kier alpha value is -2.85. The lowest BCUT2D eigenvalue weighted by molar-refractivity contribution is 0.402. The van der Waals surface area contributed by atoms with Crippen molar-refractivity contribution in [2.75, 3.05) is 5.73 Å². The quantitative estimate of drug-likeness (QED) is 0.369. The second-order valence-corrected chi connectivity index (χ2v) is 6.64. The molecule has 0 fully saturated rings. The highest BCUT2D eigenvalue weighted by Gasteiger charge is 2.16. The summed E-state index contributed by atoms with van der Waals surface area (Å²) in [5.41, 5.74) is 8.34. The average Bonchev–Trinajstić information content (AvgIpc) is 2.92. The molecule has 3 rings (SSSR count). The van der Waals surface area contributed by atoms with Crippen molar-refractivity contribution in [3.8, 4) is 23.8 Å². The molecule has 3 aromatic rings. The van der Waals surface area contributed by atoms with Gasteiger partial charge in [-0.2, -0.15) is 0 Å². The highest BCUT2D eigenvalue weighted by atomic mass is 32.2. The largest absolute Gasteiger partial charge is 0.504 e. The summed E-state index contributed by atoms with van der Waals surface area (Å²) in [4.78, 5) is 9.52. The number of hydrogen-bond acceptors (Lipinski definition) is 6. The summed E-state index contributed by atoms with van der Waals surface area (Å²) in [5, 5.41) is 20.1. The molecule has 2 aromatic heterocycles. The molecule has 2 heterocycles. The minimum absolute atomic E-state index is 0.141. The second kappa shape index (κ2) is 6.95. The Morgan fingerprint density at radius 2 is 2.08 bits per heavy atom. The topological polar surface area (TPSA) is 97.2 Å². The van der Waals surface area contributed by atoms with Gasteiger partial charge < -0.3 is 20.5 Å². The normalized spacial score (nSPS) is 10.9. The number of hydrogen-bond donors (Lipinski definition) is 3. The zero-order valence-corrected chi connectivity index (χ0v) is 14.5. The lowest BCUT2D eigenvalue weighted by atomic mass is 10.2. The fourth-order valence-electron chi connectivity index (χ4n) is 2.55. The van der Waals surface area contributed by atoms with Crippen LogP contribution < -0.4 is 5.73 Å². The lowest BCUT2D eigenvalue weighted by Crippen LogP contribution is -2.00. The third-order valence-electron chi connectivity index (χ3n) is 3.84. The number of phenolic OH excluding ortho intramolecular Hbond substituents is 2. The predicted molar refractivity (Wildman–Crippen MR) is 98.6 cm³/mol. The first kappa shape index (κ1) is 17.0. The summed E-state index contributed by atoms with van der Waals surface area (Å²) in [6.45, 7) is 2.57. The van der Waals surface area contributed by atoms with E-state index in [1.807, 2.05) is 13.0 Å². The molecule has 0 amide bonds. The highest BCUT2D eigenvalue weighted by molar-refractivity contribution is 7.99. The Kier molecular flexibility index (Phi) is 4.72. The number of rotatable bonds is 5. The molecule has 0 saturated carbocycles. The molecule has 0 saturated heterocycles. The Bertz CT molecular complexity index is 975. The molecule has 0 aliphatic rings. The molecular weight excluding hydrogens is 336 g/mol. The van der Waals surface area contributed by atoms with Gasteiger partial charge >= 0.3 is 0 Å². The van der Waals surface area contributed by atoms with E-state index < -0.39 is 0 Å². The number of nitrogens with two attached hydrogens (primary N) is 1. The van der Waals surface area contributed by atoms with Crippen molar-refractivity contribution in [2.24, 2.45) is 0 Å². The number of nitrogens with zero attached hydrogens (tertiary/aromatic N) is 3. The summed E-state index contributed by atoms with van der Waals surface area (Å²) >= 11 is 1.40. The van der Waals surface area contributed by atoms with Gasteiger partial charge in [0.2, 0.25) is 0 Å². The Balaban J connectivity index is 2.06. The van der Waals surface area contributed by atoms with E-state index in [2.05, 4.69) is 20.5 Å². The van der Waals surface area contributed by atoms with Crippen LogP contribution in [0.2, 0.25) is 0 Å². The van der Waals surface area contributed by atoms with Crippen molar-refractivity contribution in [2.45, 2.75) is 36.4 Å². The maximum absolute atomic E-state index is 9.79. The number of phenols is 2. The van der Waals surface area contributed by atoms with Crippen molar-refractivity contribution in [3.63, 3.8) is 0 Å². The van der Waals surface area contributed by atoms with Crippen LogP contribution in [0, 0.1) is 19.3 Å². The van der Waals surface area contributed by atoms with Crippen molar-refractivity contribution in [3.05, 3.63) is 30.0 Å². The summed E-state index contributed by atoms with van der Waals surface area (Å²) in [7, 11) is 0. The van der Waals surface area contributed by atoms with Crippen LogP contribution in [0.25, 0.3) is 11.0 Å². The number of unbranched alkanes of at least 4 members (excludes halogenated alkanes) is 1. The molecule has 6 nitrogen and oxygen atoms in total. The SMILES string of the molecule is C#CCCCn1c(Sc2cc(O)c(O)cc2C)nc2c(N)nccc21. The van der Waals surface area contributed by atoms with Crippen LogP contribution in [-0.4, -0.2) is 24.7 Å². The number of nitrogen functional groups attached to an aromatic ring is 1. The first-order valence-electron chi connectivity index (χ1n) is 7.76. The van der Waals surface area contributed by atoms with E-state index in [9.17, 15) is 10.2 Å². The number of aromatic hydroxyl groups is 2.